The van der Waals surface area contributed by atoms with E-state index in [1.165, 1.54) is 23.5 Å². The van der Waals surface area contributed by atoms with E-state index in [2.05, 4.69) is 29.9 Å². The minimum Gasteiger partial charge on any atom is -0.382 e. The molecule has 9 atom stereocenters. The molecule has 4 aromatic heterocycles. The number of H-pyrrole nitrogens is 1. The number of rotatable bonds is 2. The molecule has 7 heterocycles. The molecular weight excluding hydrogens is 669 g/mol. The van der Waals surface area contributed by atoms with Crippen molar-refractivity contribution in [3.63, 3.8) is 0 Å². The first-order valence-electron chi connectivity index (χ1n) is 12.8. The van der Waals surface area contributed by atoms with Gasteiger partial charge in [-0.25, -0.2) is 24.3 Å². The molecule has 0 amide bonds. The first-order valence-corrected chi connectivity index (χ1v) is 18.0. The van der Waals surface area contributed by atoms with Crippen molar-refractivity contribution in [2.24, 2.45) is 0 Å². The van der Waals surface area contributed by atoms with E-state index >= 15 is 4.39 Å². The lowest BCUT2D eigenvalue weighted by Gasteiger charge is -2.27. The molecule has 7 rings (SSSR count). The van der Waals surface area contributed by atoms with E-state index < -0.39 is 75.3 Å². The molecule has 3 aliphatic rings. The highest BCUT2D eigenvalue weighted by Crippen LogP contribution is 2.54. The van der Waals surface area contributed by atoms with Gasteiger partial charge in [0.25, 0.3) is 5.56 Å². The molecule has 2 bridgehead atoms. The van der Waals surface area contributed by atoms with Gasteiger partial charge in [-0.15, -0.1) is 0 Å². The monoisotopic (exact) mass is 692 g/mol. The number of halogens is 1. The third-order valence-electron chi connectivity index (χ3n) is 7.19. The highest BCUT2D eigenvalue weighted by Gasteiger charge is 2.51. The number of hydrogen-bond acceptors (Lipinski definition) is 16. The van der Waals surface area contributed by atoms with Crippen LogP contribution in [0, 0.1) is 0 Å². The topological polar surface area (TPSA) is 255 Å². The number of fused-ring (bicyclic) bond motifs is 5. The van der Waals surface area contributed by atoms with Crippen molar-refractivity contribution in [3.8, 4) is 0 Å². The zero-order valence-corrected chi connectivity index (χ0v) is 25.4. The smallest absolute Gasteiger partial charge is 0.325 e. The van der Waals surface area contributed by atoms with Crippen LogP contribution in [-0.2, 0) is 51.2 Å². The highest BCUT2D eigenvalue weighted by atomic mass is 32.5. The zero-order chi connectivity index (χ0) is 31.0. The fourth-order valence-electron chi connectivity index (χ4n) is 5.23. The van der Waals surface area contributed by atoms with Gasteiger partial charge in [0.05, 0.1) is 32.0 Å². The fraction of sp³-hybridized carbons (Fsp3) is 0.500. The van der Waals surface area contributed by atoms with Gasteiger partial charge in [-0.05, 0) is 23.6 Å². The van der Waals surface area contributed by atoms with E-state index in [9.17, 15) is 14.6 Å². The molecule has 3 unspecified atom stereocenters. The number of imidazole rings is 2. The number of alkyl halides is 1. The Morgan fingerprint density at radius 2 is 1.64 bits per heavy atom. The zero-order valence-electron chi connectivity index (χ0n) is 22.0. The van der Waals surface area contributed by atoms with Gasteiger partial charge in [0, 0.05) is 6.42 Å². The first kappa shape index (κ1) is 30.1. The predicted molar refractivity (Wildman–Crippen MR) is 154 cm³/mol. The second-order valence-electron chi connectivity index (χ2n) is 9.98. The molecule has 7 N–H and O–H groups in total. The number of anilines is 2. The van der Waals surface area contributed by atoms with E-state index in [1.54, 1.807) is 4.57 Å². The summed E-state index contributed by atoms with van der Waals surface area (Å²) in [5, 5.41) is 0. The van der Waals surface area contributed by atoms with Crippen LogP contribution in [0.4, 0.5) is 16.2 Å². The van der Waals surface area contributed by atoms with Gasteiger partial charge in [-0.1, -0.05) is 0 Å². The average molecular weight is 693 g/mol. The summed E-state index contributed by atoms with van der Waals surface area (Å²) in [4.78, 5) is 57.1. The summed E-state index contributed by atoms with van der Waals surface area (Å²) in [6.07, 6.45) is -5.00. The van der Waals surface area contributed by atoms with E-state index in [-0.39, 0.29) is 29.4 Å². The summed E-state index contributed by atoms with van der Waals surface area (Å²) in [6.45, 7) is -9.23. The number of nitrogens with zero attached hydrogens (tertiary/aromatic N) is 7. The Bertz CT molecular complexity index is 1910. The van der Waals surface area contributed by atoms with Gasteiger partial charge in [0.1, 0.15) is 36.4 Å². The molecule has 19 nitrogen and oxygen atoms in total. The highest BCUT2D eigenvalue weighted by molar-refractivity contribution is 8.07. The molecule has 24 heteroatoms. The Balaban J connectivity index is 1.19. The maximum Gasteiger partial charge on any atom is 0.325 e. The van der Waals surface area contributed by atoms with Gasteiger partial charge in [0.2, 0.25) is 5.95 Å². The van der Waals surface area contributed by atoms with Crippen molar-refractivity contribution in [3.05, 3.63) is 29.3 Å². The predicted octanol–water partition coefficient (Wildman–Crippen LogP) is -0.102. The van der Waals surface area contributed by atoms with Crippen molar-refractivity contribution >= 4 is 71.1 Å². The van der Waals surface area contributed by atoms with Crippen molar-refractivity contribution in [1.29, 1.82) is 0 Å². The maximum atomic E-state index is 15.8. The summed E-state index contributed by atoms with van der Waals surface area (Å²) in [5.41, 5.74) is 11.5. The van der Waals surface area contributed by atoms with Crippen LogP contribution in [0.15, 0.2) is 23.8 Å². The third kappa shape index (κ3) is 5.44. The average Bonchev–Trinajstić information content (AvgIpc) is 3.72. The standard InChI is InChI=1S/C20H23FN10O9P2S2/c21-11-9-3-36-41(33,43)39-7-1-10(30-5-26-12-15(22)24-4-25-16(12)30)37-8(7)2-35-42(34,44)40-14(11)19(38-9)31-6-27-13-17(31)28-20(23)29-18(13)32/h4-11,14,19H,1-3H2,(H,33,43)(H,34,44)(H2,22,24,25)(H3,23,28,29,32)/t7-,8+,9+,10?,11+,14+,19+,41?,42?/m0/s1. The molecule has 0 aromatic carbocycles. The van der Waals surface area contributed by atoms with Gasteiger partial charge in [-0.3, -0.25) is 23.4 Å². The Labute approximate surface area is 255 Å². The largest absolute Gasteiger partial charge is 0.382 e. The molecule has 0 aliphatic carbocycles. The number of nitrogens with one attached hydrogen (secondary N) is 1. The summed E-state index contributed by atoms with van der Waals surface area (Å²) in [6, 6.07) is 0. The second-order valence-corrected chi connectivity index (χ2v) is 15.6. The molecular formula is C20H23FN10O9P2S2. The number of ether oxygens (including phenoxy) is 2. The molecule has 4 aromatic rings. The number of aromatic nitrogens is 8. The molecule has 236 valence electrons. The summed E-state index contributed by atoms with van der Waals surface area (Å²) < 4.78 is 53.2. The van der Waals surface area contributed by atoms with Crippen LogP contribution in [0.25, 0.3) is 22.3 Å². The van der Waals surface area contributed by atoms with E-state index in [0.29, 0.717) is 11.2 Å². The van der Waals surface area contributed by atoms with Crippen LogP contribution in [0.5, 0.6) is 0 Å². The van der Waals surface area contributed by atoms with Crippen LogP contribution in [0.3, 0.4) is 0 Å². The fourth-order valence-corrected chi connectivity index (χ4v) is 8.11. The molecule has 0 radical (unpaired) electrons. The number of nitrogen functional groups attached to an aromatic ring is 2. The van der Waals surface area contributed by atoms with Gasteiger partial charge < -0.3 is 44.3 Å². The Kier molecular flexibility index (Phi) is 7.55. The lowest BCUT2D eigenvalue weighted by molar-refractivity contribution is -0.0596. The van der Waals surface area contributed by atoms with Crippen molar-refractivity contribution in [1.82, 2.24) is 39.0 Å². The number of hydrogen-bond donors (Lipinski definition) is 5. The number of nitrogens with two attached hydrogens (primary N) is 2. The van der Waals surface area contributed by atoms with Crippen LogP contribution in [0.2, 0.25) is 0 Å². The van der Waals surface area contributed by atoms with Crippen molar-refractivity contribution in [2.45, 2.75) is 49.5 Å². The van der Waals surface area contributed by atoms with Crippen molar-refractivity contribution < 1.29 is 41.7 Å². The molecule has 3 saturated heterocycles. The first-order chi connectivity index (χ1) is 20.9. The molecule has 3 aliphatic heterocycles. The van der Waals surface area contributed by atoms with Gasteiger partial charge in [-0.2, -0.15) is 4.98 Å². The van der Waals surface area contributed by atoms with Crippen LogP contribution in [0.1, 0.15) is 18.9 Å². The summed E-state index contributed by atoms with van der Waals surface area (Å²) >= 11 is 10.5. The molecule has 44 heavy (non-hydrogen) atoms. The summed E-state index contributed by atoms with van der Waals surface area (Å²) in [5.74, 6) is -0.0568. The maximum absolute atomic E-state index is 15.8. The third-order valence-corrected chi connectivity index (χ3v) is 10.3. The van der Waals surface area contributed by atoms with Crippen LogP contribution in [-0.4, -0.2) is 92.6 Å². The van der Waals surface area contributed by atoms with E-state index in [1.807, 2.05) is 0 Å². The Morgan fingerprint density at radius 3 is 2.43 bits per heavy atom. The second kappa shape index (κ2) is 11.0. The summed E-state index contributed by atoms with van der Waals surface area (Å²) in [7, 11) is 0. The Morgan fingerprint density at radius 1 is 0.932 bits per heavy atom. The van der Waals surface area contributed by atoms with Crippen LogP contribution < -0.4 is 17.0 Å². The quantitative estimate of drug-likeness (QED) is 0.172. The SMILES string of the molecule is Nc1nc2c(ncn2[C@@H]2O[C@@H]3COP(O)(=S)O[C@H]4CC(n5cnc6c(N)ncnc65)O[C@@H]4COP(O)(=S)O[C@@H]2[C@@H]3F)c(=O)[nH]1. The number of aromatic amines is 1. The van der Waals surface area contributed by atoms with Crippen molar-refractivity contribution in [2.75, 3.05) is 24.7 Å². The van der Waals surface area contributed by atoms with E-state index in [0.717, 1.165) is 0 Å². The molecule has 0 spiro atoms. The van der Waals surface area contributed by atoms with Gasteiger partial charge >= 0.3 is 13.4 Å². The van der Waals surface area contributed by atoms with E-state index in [4.69, 9.17) is 62.6 Å². The Hall–Kier alpha value is -2.59. The lowest BCUT2D eigenvalue weighted by atomic mass is 10.1. The normalized spacial score (nSPS) is 36.6. The van der Waals surface area contributed by atoms with Crippen LogP contribution >= 0.6 is 13.4 Å². The lowest BCUT2D eigenvalue weighted by Crippen LogP contribution is -2.32. The molecule has 0 saturated carbocycles. The minimum atomic E-state index is -4.21. The molecule has 3 fully saturated rings. The minimum absolute atomic E-state index is 0.0465. The van der Waals surface area contributed by atoms with Gasteiger partial charge in [0.15, 0.2) is 35.0 Å².